The molecule has 4 N–H and O–H groups in total. The topological polar surface area (TPSA) is 192 Å². The molecule has 2 spiro atoms. The van der Waals surface area contributed by atoms with Crippen LogP contribution in [-0.2, 0) is 20.6 Å². The van der Waals surface area contributed by atoms with E-state index in [4.69, 9.17) is 49.4 Å². The maximum absolute atomic E-state index is 6.26. The predicted octanol–water partition coefficient (Wildman–Crippen LogP) is 13.7. The molecule has 0 bridgehead atoms. The molecule has 14 nitrogen and oxygen atoms in total. The molecule has 0 amide bonds. The SMILES string of the molecule is CCC[CH2][Sn]([CH2]CCC)([CH2]CCC)[c]1cc(C)no1.Cc1cc(-c2ccc3c(c2)[C@]2(COC(N)=N2)c2cc(-c4cccnc4)ccc2O3)on1.NC1=N[C@]2(CO1)c1cc(Br)ccc1Oc1ccc(-c3cccnc3)cc12. The number of rotatable bonds is 13. The Hall–Kier alpha value is -6.98. The summed E-state index contributed by atoms with van der Waals surface area (Å²) >= 11 is 1.24. The molecule has 0 unspecified atom stereocenters. The van der Waals surface area contributed by atoms with Gasteiger partial charge in [0.25, 0.3) is 12.0 Å². The number of aryl methyl sites for hydroxylation is 2. The van der Waals surface area contributed by atoms with Crippen LogP contribution in [-0.4, -0.2) is 63.9 Å². The van der Waals surface area contributed by atoms with E-state index >= 15 is 0 Å². The zero-order valence-electron chi connectivity index (χ0n) is 43.6. The van der Waals surface area contributed by atoms with Gasteiger partial charge in [-0.15, -0.1) is 0 Å². The van der Waals surface area contributed by atoms with E-state index in [-0.39, 0.29) is 18.7 Å². The number of fused-ring (bicyclic) bond motifs is 8. The van der Waals surface area contributed by atoms with Gasteiger partial charge in [-0.2, -0.15) is 0 Å². The van der Waals surface area contributed by atoms with Crippen LogP contribution >= 0.6 is 15.9 Å². The molecule has 12 rings (SSSR count). The van der Waals surface area contributed by atoms with Gasteiger partial charge in [0.05, 0.1) is 5.69 Å². The second-order valence-corrected chi connectivity index (χ2v) is 33.8. The zero-order chi connectivity index (χ0) is 52.9. The summed E-state index contributed by atoms with van der Waals surface area (Å²) in [5.74, 6) is 3.64. The molecular weight excluding hydrogens is 1130 g/mol. The molecule has 4 aromatic heterocycles. The molecule has 390 valence electrons. The number of hydrogen-bond acceptors (Lipinski definition) is 14. The smallest absolute Gasteiger partial charge is 0.283 e. The van der Waals surface area contributed by atoms with Crippen LogP contribution in [0.5, 0.6) is 23.0 Å². The van der Waals surface area contributed by atoms with Crippen molar-refractivity contribution in [3.05, 3.63) is 172 Å². The summed E-state index contributed by atoms with van der Waals surface area (Å²) in [5.41, 5.74) is 20.9. The third kappa shape index (κ3) is 10.6. The zero-order valence-corrected chi connectivity index (χ0v) is 48.1. The number of halogens is 1. The molecule has 8 heterocycles. The second kappa shape index (κ2) is 22.7. The summed E-state index contributed by atoms with van der Waals surface area (Å²) in [7, 11) is 0. The molecule has 0 saturated carbocycles. The Morgan fingerprint density at radius 2 is 0.974 bits per heavy atom. The largest absolute Gasteiger partial charge is 0.462 e. The Kier molecular flexibility index (Phi) is 15.7. The van der Waals surface area contributed by atoms with E-state index in [1.165, 1.54) is 55.6 Å². The molecule has 4 aliphatic heterocycles. The standard InChI is InChI=1S/C24H18N4O3.C20H14BrN3O2.C4H4NO.3C4H9.Sn/c1-14-9-22(31-28-14)16-5-7-21-19(11-16)24(13-29-23(25)27-24)18-10-15(4-6-20(18)30-21)17-3-2-8-26-12-17;21-14-4-6-18-16(9-14)20(11-25-19(22)24-20)15-8-12(3-5-17(15)26-18)13-2-1-7-23-10-13;1-4-2-3-6-5-4;3*1-3-4-2;/h2-12H,13H2,1H3,(H2,25,27);1-10H,11H2,(H2,22,24);2H,1H3;3*1,3-4H2,2H3;/t24-;20-;;;;;/m00...../s1. The van der Waals surface area contributed by atoms with Gasteiger partial charge in [-0.1, -0.05) is 45.4 Å². The van der Waals surface area contributed by atoms with Crippen LogP contribution in [0.25, 0.3) is 33.6 Å². The maximum Gasteiger partial charge on any atom is 0.283 e. The van der Waals surface area contributed by atoms with E-state index in [0.29, 0.717) is 18.1 Å². The van der Waals surface area contributed by atoms with Crippen molar-refractivity contribution in [2.45, 2.75) is 97.5 Å². The Balaban J connectivity index is 0.000000134. The van der Waals surface area contributed by atoms with Crippen molar-refractivity contribution in [1.82, 2.24) is 20.3 Å². The number of benzene rings is 4. The predicted molar refractivity (Wildman–Crippen MR) is 303 cm³/mol. The van der Waals surface area contributed by atoms with Gasteiger partial charge in [-0.05, 0) is 90.8 Å². The van der Waals surface area contributed by atoms with E-state index in [1.807, 2.05) is 110 Å². The van der Waals surface area contributed by atoms with Gasteiger partial charge in [0.1, 0.15) is 36.2 Å². The van der Waals surface area contributed by atoms with Crippen LogP contribution in [0.2, 0.25) is 13.3 Å². The Morgan fingerprint density at radius 1 is 0.526 bits per heavy atom. The van der Waals surface area contributed by atoms with E-state index < -0.39 is 29.5 Å². The second-order valence-electron chi connectivity index (χ2n) is 19.9. The number of pyridine rings is 2. The van der Waals surface area contributed by atoms with E-state index in [9.17, 15) is 0 Å². The molecule has 0 aliphatic carbocycles. The number of unbranched alkanes of at least 4 members (excludes halogenated alkanes) is 3. The van der Waals surface area contributed by atoms with E-state index in [0.717, 1.165) is 83.2 Å². The minimum absolute atomic E-state index is 0.159. The summed E-state index contributed by atoms with van der Waals surface area (Å²) in [4.78, 5) is 17.9. The molecule has 16 heteroatoms. The van der Waals surface area contributed by atoms with Crippen molar-refractivity contribution in [2.75, 3.05) is 13.2 Å². The third-order valence-corrected chi connectivity index (χ3v) is 30.0. The average Bonchev–Trinajstić information content (AvgIpc) is 4.30. The Morgan fingerprint density at radius 3 is 1.38 bits per heavy atom. The minimum Gasteiger partial charge on any atom is -0.462 e. The van der Waals surface area contributed by atoms with E-state index in [1.54, 1.807) is 12.4 Å². The van der Waals surface area contributed by atoms with E-state index in [2.05, 4.69) is 82.1 Å². The van der Waals surface area contributed by atoms with Crippen LogP contribution in [0.3, 0.4) is 0 Å². The number of aliphatic imine (C=N–C) groups is 2. The first kappa shape index (κ1) is 52.5. The number of ether oxygens (including phenoxy) is 4. The Labute approximate surface area is 456 Å². The van der Waals surface area contributed by atoms with Crippen LogP contribution < -0.4 is 24.7 Å². The fraction of sp³-hybridized carbons (Fsp3) is 0.300. The van der Waals surface area contributed by atoms with Crippen LogP contribution in [0.1, 0.15) is 92.9 Å². The summed E-state index contributed by atoms with van der Waals surface area (Å²) in [6.45, 7) is 11.5. The molecule has 76 heavy (non-hydrogen) atoms. The van der Waals surface area contributed by atoms with Crippen molar-refractivity contribution in [3.8, 4) is 56.6 Å². The molecule has 0 fully saturated rings. The van der Waals surface area contributed by atoms with Gasteiger partial charge < -0.3 is 34.9 Å². The molecule has 2 atom stereocenters. The molecule has 0 saturated heterocycles. The Bertz CT molecular complexity index is 3380. The molecule has 8 aromatic rings. The van der Waals surface area contributed by atoms with Crippen molar-refractivity contribution < 1.29 is 28.0 Å². The molecule has 4 aliphatic rings. The first-order valence-electron chi connectivity index (χ1n) is 26.2. The summed E-state index contributed by atoms with van der Waals surface area (Å²) in [6, 6.07) is 36.3. The monoisotopic (exact) mass is 1190 g/mol. The summed E-state index contributed by atoms with van der Waals surface area (Å²) in [6.07, 6.45) is 15.2. The number of amidine groups is 2. The molecule has 0 radical (unpaired) electrons. The fourth-order valence-corrected chi connectivity index (χ4v) is 26.3. The van der Waals surface area contributed by atoms with Crippen molar-refractivity contribution in [2.24, 2.45) is 21.5 Å². The first-order valence-corrected chi connectivity index (χ1v) is 34.5. The normalized spacial score (nSPS) is 17.4. The van der Waals surface area contributed by atoms with Gasteiger partial charge >= 0.3 is 123 Å². The molecule has 4 aromatic carbocycles. The first-order chi connectivity index (χ1) is 37.0. The van der Waals surface area contributed by atoms with Gasteiger partial charge in [-0.25, -0.2) is 9.98 Å². The van der Waals surface area contributed by atoms with Gasteiger partial charge in [-0.3, -0.25) is 9.97 Å². The quantitative estimate of drug-likeness (QED) is 0.104. The number of nitrogens with zero attached hydrogens (tertiary/aromatic N) is 6. The van der Waals surface area contributed by atoms with Crippen molar-refractivity contribution >= 4 is 50.1 Å². The van der Waals surface area contributed by atoms with Crippen LogP contribution in [0, 0.1) is 13.8 Å². The number of hydrogen-bond donors (Lipinski definition) is 2. The van der Waals surface area contributed by atoms with Crippen LogP contribution in [0.4, 0.5) is 0 Å². The van der Waals surface area contributed by atoms with Gasteiger partial charge in [0.15, 0.2) is 16.8 Å². The fourth-order valence-electron chi connectivity index (χ4n) is 10.7. The van der Waals surface area contributed by atoms with Gasteiger partial charge in [0.2, 0.25) is 0 Å². The van der Waals surface area contributed by atoms with Crippen molar-refractivity contribution in [3.63, 3.8) is 0 Å². The minimum atomic E-state index is -2.30. The van der Waals surface area contributed by atoms with Crippen molar-refractivity contribution in [1.29, 1.82) is 0 Å². The average molecular weight is 1190 g/mol. The van der Waals surface area contributed by atoms with Gasteiger partial charge in [0, 0.05) is 74.3 Å². The summed E-state index contributed by atoms with van der Waals surface area (Å²) < 4.78 is 41.6. The number of nitrogens with two attached hydrogens (primary N) is 2. The number of aromatic nitrogens is 4. The van der Waals surface area contributed by atoms with Crippen LogP contribution in [0.15, 0.2) is 157 Å². The maximum atomic E-state index is 6.26. The molecular formula is C60H63BrN8O6Sn. The summed E-state index contributed by atoms with van der Waals surface area (Å²) in [5, 5.41) is 8.19. The third-order valence-electron chi connectivity index (χ3n) is 14.6.